The number of amides is 2. The van der Waals surface area contributed by atoms with E-state index in [1.807, 2.05) is 19.1 Å². The lowest BCUT2D eigenvalue weighted by atomic mass is 10.1. The van der Waals surface area contributed by atoms with Gasteiger partial charge in [-0.05, 0) is 55.0 Å². The zero-order valence-electron chi connectivity index (χ0n) is 20.5. The largest absolute Gasteiger partial charge is 0.497 e. The second-order valence-corrected chi connectivity index (χ2v) is 8.09. The summed E-state index contributed by atoms with van der Waals surface area (Å²) in [5, 5.41) is 8.64. The van der Waals surface area contributed by atoms with Gasteiger partial charge in [-0.1, -0.05) is 12.1 Å². The molecular formula is C27H26N6O4. The molecule has 10 nitrogen and oxygen atoms in total. The van der Waals surface area contributed by atoms with Gasteiger partial charge in [0.15, 0.2) is 0 Å². The Morgan fingerprint density at radius 1 is 0.784 bits per heavy atom. The van der Waals surface area contributed by atoms with Crippen LogP contribution in [-0.2, 0) is 0 Å². The van der Waals surface area contributed by atoms with Gasteiger partial charge in [0.1, 0.15) is 11.5 Å². The molecule has 10 heteroatoms. The zero-order chi connectivity index (χ0) is 26.4. The van der Waals surface area contributed by atoms with Crippen LogP contribution in [0.1, 0.15) is 26.3 Å². The highest BCUT2D eigenvalue weighted by Gasteiger charge is 2.14. The van der Waals surface area contributed by atoms with Crippen LogP contribution in [-0.4, -0.2) is 36.0 Å². The number of benzene rings is 3. The van der Waals surface area contributed by atoms with Crippen LogP contribution in [0.5, 0.6) is 11.5 Å². The van der Waals surface area contributed by atoms with Crippen LogP contribution < -0.4 is 31.2 Å². The fourth-order valence-electron chi connectivity index (χ4n) is 3.49. The summed E-state index contributed by atoms with van der Waals surface area (Å²) in [6.07, 6.45) is 2.99. The van der Waals surface area contributed by atoms with E-state index >= 15 is 0 Å². The number of nitrogen functional groups attached to an aromatic ring is 1. The first-order chi connectivity index (χ1) is 17.8. The molecule has 188 valence electrons. The van der Waals surface area contributed by atoms with Crippen LogP contribution in [0.4, 0.5) is 28.7 Å². The second-order valence-electron chi connectivity index (χ2n) is 8.09. The number of anilines is 5. The SMILES string of the molecule is COc1cc(OC)cc(C(=O)Nc2ccc(C)c(C(=O)Nc3cnc(Nc4cccc(N)c4)nc3)c2)c1. The molecule has 0 aliphatic rings. The number of hydrogen-bond acceptors (Lipinski definition) is 8. The Morgan fingerprint density at radius 2 is 1.46 bits per heavy atom. The second kappa shape index (κ2) is 11.1. The molecule has 1 heterocycles. The summed E-state index contributed by atoms with van der Waals surface area (Å²) in [6, 6.07) is 17.2. The minimum Gasteiger partial charge on any atom is -0.497 e. The normalized spacial score (nSPS) is 10.4. The Kier molecular flexibility index (Phi) is 7.48. The summed E-state index contributed by atoms with van der Waals surface area (Å²) in [5.74, 6) is 0.606. The number of carbonyl (C=O) groups is 2. The summed E-state index contributed by atoms with van der Waals surface area (Å²) in [4.78, 5) is 34.3. The van der Waals surface area contributed by atoms with Crippen molar-refractivity contribution in [2.45, 2.75) is 6.92 Å². The first kappa shape index (κ1) is 25.0. The van der Waals surface area contributed by atoms with E-state index in [2.05, 4.69) is 25.9 Å². The standard InChI is InChI=1S/C27H26N6O4/c1-16-7-8-20(31-25(34)17-9-22(36-2)13-23(10-17)37-3)12-24(16)26(35)32-21-14-29-27(30-15-21)33-19-6-4-5-18(28)11-19/h4-15H,28H2,1-3H3,(H,31,34)(H,32,35)(H,29,30,33). The lowest BCUT2D eigenvalue weighted by Crippen LogP contribution is -2.16. The molecule has 0 saturated heterocycles. The maximum atomic E-state index is 13.0. The van der Waals surface area contributed by atoms with Gasteiger partial charge in [0.25, 0.3) is 11.8 Å². The highest BCUT2D eigenvalue weighted by atomic mass is 16.5. The van der Waals surface area contributed by atoms with Crippen molar-refractivity contribution >= 4 is 40.5 Å². The quantitative estimate of drug-likeness (QED) is 0.258. The van der Waals surface area contributed by atoms with Crippen molar-refractivity contribution in [2.24, 2.45) is 0 Å². The first-order valence-corrected chi connectivity index (χ1v) is 11.3. The number of nitrogens with zero attached hydrogens (tertiary/aromatic N) is 2. The Labute approximate surface area is 213 Å². The zero-order valence-corrected chi connectivity index (χ0v) is 20.5. The summed E-state index contributed by atoms with van der Waals surface area (Å²) in [6.45, 7) is 1.81. The minimum absolute atomic E-state index is 0.354. The third kappa shape index (κ3) is 6.31. The number of aryl methyl sites for hydroxylation is 1. The summed E-state index contributed by atoms with van der Waals surface area (Å²) < 4.78 is 10.5. The van der Waals surface area contributed by atoms with Crippen LogP contribution in [0, 0.1) is 6.92 Å². The van der Waals surface area contributed by atoms with Gasteiger partial charge in [-0.25, -0.2) is 9.97 Å². The van der Waals surface area contributed by atoms with E-state index in [-0.39, 0.29) is 11.8 Å². The predicted octanol–water partition coefficient (Wildman–Crippen LogP) is 4.63. The number of hydrogen-bond donors (Lipinski definition) is 4. The van der Waals surface area contributed by atoms with Crippen molar-refractivity contribution in [3.63, 3.8) is 0 Å². The van der Waals surface area contributed by atoms with Crippen molar-refractivity contribution in [2.75, 3.05) is 35.9 Å². The first-order valence-electron chi connectivity index (χ1n) is 11.3. The molecule has 0 radical (unpaired) electrons. The fraction of sp³-hybridized carbons (Fsp3) is 0.111. The molecule has 2 amide bonds. The predicted molar refractivity (Wildman–Crippen MR) is 143 cm³/mol. The highest BCUT2D eigenvalue weighted by molar-refractivity contribution is 6.08. The van der Waals surface area contributed by atoms with Gasteiger partial charge in [-0.15, -0.1) is 0 Å². The van der Waals surface area contributed by atoms with Crippen LogP contribution in [0.15, 0.2) is 73.1 Å². The third-order valence-electron chi connectivity index (χ3n) is 5.41. The van der Waals surface area contributed by atoms with Crippen molar-refractivity contribution in [3.05, 3.63) is 89.7 Å². The van der Waals surface area contributed by atoms with Gasteiger partial charge >= 0.3 is 0 Å². The molecule has 0 fully saturated rings. The number of nitrogens with two attached hydrogens (primary N) is 1. The molecule has 1 aromatic heterocycles. The van der Waals surface area contributed by atoms with Crippen LogP contribution in [0.25, 0.3) is 0 Å². The monoisotopic (exact) mass is 498 g/mol. The van der Waals surface area contributed by atoms with Gasteiger partial charge in [0.2, 0.25) is 5.95 Å². The number of ether oxygens (including phenoxy) is 2. The van der Waals surface area contributed by atoms with Crippen molar-refractivity contribution in [3.8, 4) is 11.5 Å². The summed E-state index contributed by atoms with van der Waals surface area (Å²) in [7, 11) is 3.02. The van der Waals surface area contributed by atoms with E-state index in [1.54, 1.807) is 48.5 Å². The van der Waals surface area contributed by atoms with Crippen LogP contribution in [0.2, 0.25) is 0 Å². The van der Waals surface area contributed by atoms with E-state index in [0.29, 0.717) is 45.6 Å². The van der Waals surface area contributed by atoms with Crippen LogP contribution >= 0.6 is 0 Å². The lowest BCUT2D eigenvalue weighted by Gasteiger charge is -2.12. The van der Waals surface area contributed by atoms with Gasteiger partial charge in [0, 0.05) is 34.3 Å². The summed E-state index contributed by atoms with van der Waals surface area (Å²) in [5.41, 5.74) is 9.51. The minimum atomic E-state index is -0.371. The molecule has 37 heavy (non-hydrogen) atoms. The number of carbonyl (C=O) groups excluding carboxylic acids is 2. The maximum Gasteiger partial charge on any atom is 0.256 e. The molecule has 0 aliphatic carbocycles. The maximum absolute atomic E-state index is 13.0. The average molecular weight is 499 g/mol. The molecule has 0 spiro atoms. The van der Waals surface area contributed by atoms with Gasteiger partial charge in [-0.2, -0.15) is 0 Å². The van der Waals surface area contributed by atoms with E-state index in [4.69, 9.17) is 15.2 Å². The van der Waals surface area contributed by atoms with Gasteiger partial charge in [-0.3, -0.25) is 9.59 Å². The third-order valence-corrected chi connectivity index (χ3v) is 5.41. The molecule has 0 unspecified atom stereocenters. The van der Waals surface area contributed by atoms with E-state index < -0.39 is 0 Å². The molecule has 0 aliphatic heterocycles. The molecule has 0 atom stereocenters. The number of rotatable bonds is 8. The molecule has 0 bridgehead atoms. The fourth-order valence-corrected chi connectivity index (χ4v) is 3.49. The molecule has 4 rings (SSSR count). The topological polar surface area (TPSA) is 140 Å². The molecular weight excluding hydrogens is 472 g/mol. The molecule has 0 saturated carbocycles. The Balaban J connectivity index is 1.45. The van der Waals surface area contributed by atoms with Crippen LogP contribution in [0.3, 0.4) is 0 Å². The van der Waals surface area contributed by atoms with Gasteiger partial charge in [0.05, 0.1) is 32.3 Å². The number of methoxy groups -OCH3 is 2. The average Bonchev–Trinajstić information content (AvgIpc) is 2.90. The Hall–Kier alpha value is -5.12. The van der Waals surface area contributed by atoms with E-state index in [0.717, 1.165) is 11.3 Å². The Bertz CT molecular complexity index is 1420. The highest BCUT2D eigenvalue weighted by Crippen LogP contribution is 2.24. The van der Waals surface area contributed by atoms with E-state index in [1.165, 1.54) is 26.6 Å². The smallest absolute Gasteiger partial charge is 0.256 e. The number of aromatic nitrogens is 2. The van der Waals surface area contributed by atoms with Gasteiger partial charge < -0.3 is 31.2 Å². The Morgan fingerprint density at radius 3 is 2.11 bits per heavy atom. The molecule has 3 aromatic carbocycles. The van der Waals surface area contributed by atoms with E-state index in [9.17, 15) is 9.59 Å². The van der Waals surface area contributed by atoms with Crippen molar-refractivity contribution < 1.29 is 19.1 Å². The molecule has 5 N–H and O–H groups in total. The molecule has 4 aromatic rings. The van der Waals surface area contributed by atoms with Crippen molar-refractivity contribution in [1.82, 2.24) is 9.97 Å². The summed E-state index contributed by atoms with van der Waals surface area (Å²) >= 11 is 0. The lowest BCUT2D eigenvalue weighted by molar-refractivity contribution is 0.101. The van der Waals surface area contributed by atoms with Crippen molar-refractivity contribution in [1.29, 1.82) is 0 Å². The number of nitrogens with one attached hydrogen (secondary N) is 3.